The van der Waals surface area contributed by atoms with Gasteiger partial charge in [0.05, 0.1) is 11.2 Å². The van der Waals surface area contributed by atoms with Crippen molar-refractivity contribution in [3.63, 3.8) is 0 Å². The molecule has 34 heavy (non-hydrogen) atoms. The Labute approximate surface area is 207 Å². The highest BCUT2D eigenvalue weighted by Gasteiger charge is 2.60. The maximum absolute atomic E-state index is 7.20. The molecule has 2 aromatic carbocycles. The fourth-order valence-corrected chi connectivity index (χ4v) is 10.6. The summed E-state index contributed by atoms with van der Waals surface area (Å²) in [5, 5.41) is 2.73. The van der Waals surface area contributed by atoms with E-state index in [0.29, 0.717) is 17.8 Å². The van der Waals surface area contributed by atoms with E-state index < -0.39 is 8.32 Å². The van der Waals surface area contributed by atoms with E-state index >= 15 is 0 Å². The molecule has 5 rings (SSSR count). The van der Waals surface area contributed by atoms with Gasteiger partial charge in [-0.25, -0.2) is 0 Å². The van der Waals surface area contributed by atoms with Crippen molar-refractivity contribution in [1.29, 1.82) is 0 Å². The molecule has 180 valence electrons. The average Bonchev–Trinajstić information content (AvgIpc) is 3.11. The highest BCUT2D eigenvalue weighted by atomic mass is 28.4. The molecule has 3 atom stereocenters. The Hall–Kier alpha value is -1.66. The molecule has 3 aliphatic rings. The summed E-state index contributed by atoms with van der Waals surface area (Å²) in [4.78, 5) is 0. The lowest BCUT2D eigenvalue weighted by atomic mass is 9.76. The lowest BCUT2D eigenvalue weighted by Gasteiger charge is -2.43. The first-order valence-electron chi connectivity index (χ1n) is 12.8. The Morgan fingerprint density at radius 3 is 1.79 bits per heavy atom. The molecule has 1 saturated carbocycles. The third-order valence-corrected chi connectivity index (χ3v) is 13.7. The first kappa shape index (κ1) is 24.1. The quantitative estimate of drug-likeness (QED) is 0.526. The number of allylic oxidation sites excluding steroid dienone is 2. The molecule has 1 aliphatic heterocycles. The summed E-state index contributed by atoms with van der Waals surface area (Å²) < 4.78 is 19.8. The molecule has 0 N–H and O–H groups in total. The van der Waals surface area contributed by atoms with Crippen LogP contribution in [0.25, 0.3) is 0 Å². The van der Waals surface area contributed by atoms with Crippen molar-refractivity contribution >= 4 is 25.8 Å². The first-order valence-corrected chi connectivity index (χ1v) is 14.7. The molecule has 5 heteroatoms. The lowest BCUT2D eigenvalue weighted by Crippen LogP contribution is -2.66. The Bertz CT molecular complexity index is 1000. The van der Waals surface area contributed by atoms with Gasteiger partial charge in [0.15, 0.2) is 0 Å². The zero-order valence-corrected chi connectivity index (χ0v) is 22.8. The average molecular weight is 475 g/mol. The minimum Gasteiger partial charge on any atom is -0.407 e. The highest BCUT2D eigenvalue weighted by Crippen LogP contribution is 2.58. The van der Waals surface area contributed by atoms with Gasteiger partial charge in [-0.3, -0.25) is 0 Å². The van der Waals surface area contributed by atoms with Crippen LogP contribution >= 0.6 is 0 Å². The summed E-state index contributed by atoms with van der Waals surface area (Å²) in [6.07, 6.45) is 3.50. The van der Waals surface area contributed by atoms with E-state index in [1.807, 2.05) is 0 Å². The van der Waals surface area contributed by atoms with E-state index in [-0.39, 0.29) is 23.4 Å². The second-order valence-electron chi connectivity index (χ2n) is 12.4. The summed E-state index contributed by atoms with van der Waals surface area (Å²) in [6, 6.07) is 21.9. The van der Waals surface area contributed by atoms with Crippen molar-refractivity contribution in [2.75, 3.05) is 6.61 Å². The molecule has 0 unspecified atom stereocenters. The highest BCUT2D eigenvalue weighted by molar-refractivity contribution is 6.99. The van der Waals surface area contributed by atoms with Crippen LogP contribution in [0.2, 0.25) is 5.04 Å². The molecule has 3 nitrogen and oxygen atoms in total. The van der Waals surface area contributed by atoms with Crippen LogP contribution < -0.4 is 10.4 Å². The predicted molar refractivity (Wildman–Crippen MR) is 143 cm³/mol. The lowest BCUT2D eigenvalue weighted by molar-refractivity contribution is 0.00578. The van der Waals surface area contributed by atoms with Gasteiger partial charge in [0.2, 0.25) is 0 Å². The van der Waals surface area contributed by atoms with Crippen molar-refractivity contribution in [2.24, 2.45) is 17.8 Å². The maximum atomic E-state index is 7.20. The summed E-state index contributed by atoms with van der Waals surface area (Å²) in [6.45, 7) is 16.4. The van der Waals surface area contributed by atoms with Gasteiger partial charge in [-0.05, 0) is 72.8 Å². The molecule has 1 heterocycles. The smallest absolute Gasteiger partial charge is 0.407 e. The van der Waals surface area contributed by atoms with Crippen LogP contribution in [-0.2, 0) is 13.7 Å². The molecule has 0 spiro atoms. The molecule has 1 saturated heterocycles. The van der Waals surface area contributed by atoms with Crippen LogP contribution in [0.1, 0.15) is 54.9 Å². The second kappa shape index (κ2) is 8.19. The number of hydrogen-bond donors (Lipinski definition) is 0. The van der Waals surface area contributed by atoms with Gasteiger partial charge in [0, 0.05) is 6.61 Å². The fraction of sp³-hybridized carbons (Fsp3) is 0.517. The predicted octanol–water partition coefficient (Wildman–Crippen LogP) is 5.39. The Balaban J connectivity index is 1.36. The molecule has 2 aliphatic carbocycles. The van der Waals surface area contributed by atoms with E-state index in [2.05, 4.69) is 115 Å². The minimum absolute atomic E-state index is 0.0173. The summed E-state index contributed by atoms with van der Waals surface area (Å²) >= 11 is 0. The number of fused-ring (bicyclic) bond motifs is 1. The zero-order chi connectivity index (χ0) is 24.4. The Morgan fingerprint density at radius 1 is 0.882 bits per heavy atom. The van der Waals surface area contributed by atoms with Crippen molar-refractivity contribution in [2.45, 2.75) is 71.1 Å². The topological polar surface area (TPSA) is 27.7 Å². The normalized spacial score (nSPS) is 27.4. The van der Waals surface area contributed by atoms with Crippen molar-refractivity contribution in [1.82, 2.24) is 0 Å². The Kier molecular flexibility index (Phi) is 5.80. The maximum Gasteiger partial charge on any atom is 0.490 e. The molecule has 2 aromatic rings. The van der Waals surface area contributed by atoms with Crippen LogP contribution in [0.5, 0.6) is 0 Å². The van der Waals surface area contributed by atoms with E-state index in [4.69, 9.17) is 13.7 Å². The van der Waals surface area contributed by atoms with Gasteiger partial charge in [-0.15, -0.1) is 0 Å². The van der Waals surface area contributed by atoms with E-state index in [9.17, 15) is 0 Å². The van der Waals surface area contributed by atoms with Crippen molar-refractivity contribution in [3.8, 4) is 0 Å². The molecule has 0 radical (unpaired) electrons. The monoisotopic (exact) mass is 474 g/mol. The molecule has 2 fully saturated rings. The Morgan fingerprint density at radius 2 is 1.38 bits per heavy atom. The van der Waals surface area contributed by atoms with Gasteiger partial charge in [-0.2, -0.15) is 0 Å². The third kappa shape index (κ3) is 3.85. The van der Waals surface area contributed by atoms with Crippen molar-refractivity contribution < 1.29 is 13.7 Å². The number of benzene rings is 2. The van der Waals surface area contributed by atoms with Crippen LogP contribution in [0.4, 0.5) is 0 Å². The summed E-state index contributed by atoms with van der Waals surface area (Å²) in [5.74, 6) is 1.84. The standard InChI is InChI=1S/C29H39BO3Si/c1-27(2,3)34(22-14-10-8-11-15-22,23-16-12-9-13-17-23)31-20-26-24-18-21(19-25(24)26)30-32-28(4,5)29(6,7)33-30/h8-18,24-26H,19-20H2,1-7H3/t24-,25+,26-/m1/s1. The summed E-state index contributed by atoms with van der Waals surface area (Å²) in [7, 11) is -2.67. The second-order valence-corrected chi connectivity index (χ2v) is 16.7. The SMILES string of the molecule is CC1(C)OB(C2=C[C@H]3[C@@H](CO[Si](c4ccccc4)(c4ccccc4)C(C)(C)C)[C@H]3C2)OC1(C)C. The van der Waals surface area contributed by atoms with Gasteiger partial charge < -0.3 is 13.7 Å². The van der Waals surface area contributed by atoms with Gasteiger partial charge in [0.25, 0.3) is 8.32 Å². The fourth-order valence-electron chi connectivity index (χ4n) is 5.98. The van der Waals surface area contributed by atoms with Crippen molar-refractivity contribution in [3.05, 3.63) is 72.2 Å². The molecular formula is C29H39BO3Si. The third-order valence-electron chi connectivity index (χ3n) is 8.74. The van der Waals surface area contributed by atoms with Gasteiger partial charge in [0.1, 0.15) is 0 Å². The van der Waals surface area contributed by atoms with E-state index in [0.717, 1.165) is 13.0 Å². The van der Waals surface area contributed by atoms with Gasteiger partial charge in [-0.1, -0.05) is 87.5 Å². The first-order chi connectivity index (χ1) is 16.0. The molecular weight excluding hydrogens is 435 g/mol. The zero-order valence-electron chi connectivity index (χ0n) is 21.8. The van der Waals surface area contributed by atoms with Crippen LogP contribution in [0, 0.1) is 17.8 Å². The summed E-state index contributed by atoms with van der Waals surface area (Å²) in [5.41, 5.74) is 0.768. The number of rotatable bonds is 6. The molecule has 0 amide bonds. The van der Waals surface area contributed by atoms with E-state index in [1.54, 1.807) is 0 Å². The largest absolute Gasteiger partial charge is 0.490 e. The van der Waals surface area contributed by atoms with Crippen LogP contribution in [-0.4, -0.2) is 33.2 Å². The minimum atomic E-state index is -2.47. The molecule has 0 bridgehead atoms. The van der Waals surface area contributed by atoms with E-state index in [1.165, 1.54) is 15.8 Å². The number of hydrogen-bond acceptors (Lipinski definition) is 3. The van der Waals surface area contributed by atoms with Crippen LogP contribution in [0.3, 0.4) is 0 Å². The van der Waals surface area contributed by atoms with Gasteiger partial charge >= 0.3 is 7.12 Å². The van der Waals surface area contributed by atoms with Crippen LogP contribution in [0.15, 0.2) is 72.2 Å². The molecule has 0 aromatic heterocycles.